The van der Waals surface area contributed by atoms with E-state index in [-0.39, 0.29) is 17.7 Å². The van der Waals surface area contributed by atoms with Gasteiger partial charge in [0.1, 0.15) is 11.7 Å². The predicted octanol–water partition coefficient (Wildman–Crippen LogP) is 2.31. The quantitative estimate of drug-likeness (QED) is 0.336. The van der Waals surface area contributed by atoms with Crippen LogP contribution in [0.2, 0.25) is 5.02 Å². The second kappa shape index (κ2) is 7.00. The minimum Gasteiger partial charge on any atom is -0.495 e. The van der Waals surface area contributed by atoms with Crippen LogP contribution in [0.4, 0.5) is 5.69 Å². The number of nitrogens with one attached hydrogen (secondary N) is 1. The zero-order valence-corrected chi connectivity index (χ0v) is 12.3. The van der Waals surface area contributed by atoms with Crippen molar-refractivity contribution >= 4 is 29.0 Å². The molecule has 1 atom stereocenters. The van der Waals surface area contributed by atoms with Gasteiger partial charge in [0, 0.05) is 5.69 Å². The van der Waals surface area contributed by atoms with E-state index < -0.39 is 5.92 Å². The molecule has 1 rings (SSSR count). The number of ether oxygens (including phenoxy) is 1. The average molecular weight is 300 g/mol. The van der Waals surface area contributed by atoms with Crippen molar-refractivity contribution in [2.75, 3.05) is 12.4 Å². The lowest BCUT2D eigenvalue weighted by molar-refractivity contribution is -0.119. The van der Waals surface area contributed by atoms with Gasteiger partial charge in [-0.3, -0.25) is 4.79 Å². The van der Waals surface area contributed by atoms with Gasteiger partial charge in [-0.1, -0.05) is 30.6 Å². The van der Waals surface area contributed by atoms with Crippen molar-refractivity contribution < 1.29 is 14.7 Å². The Balaban J connectivity index is 2.91. The standard InChI is InChI=1S/C13H18ClN3O3/c1-7(2)11(12(15)17-19)13(18)16-8-4-5-10(20-3)9(14)6-8/h4-7,11,19H,1-3H3,(H2,15,17)(H,16,18). The van der Waals surface area contributed by atoms with E-state index in [4.69, 9.17) is 27.3 Å². The first-order chi connectivity index (χ1) is 9.40. The Kier molecular flexibility index (Phi) is 5.64. The number of anilines is 1. The monoisotopic (exact) mass is 299 g/mol. The number of amidine groups is 1. The molecular weight excluding hydrogens is 282 g/mol. The molecule has 6 nitrogen and oxygen atoms in total. The molecule has 0 bridgehead atoms. The summed E-state index contributed by atoms with van der Waals surface area (Å²) in [7, 11) is 1.51. The molecule has 7 heteroatoms. The third-order valence-electron chi connectivity index (χ3n) is 2.80. The summed E-state index contributed by atoms with van der Waals surface area (Å²) in [5.74, 6) is -0.810. The molecule has 0 aliphatic rings. The van der Waals surface area contributed by atoms with Crippen LogP contribution in [0.5, 0.6) is 5.75 Å². The number of oxime groups is 1. The SMILES string of the molecule is COc1ccc(NC(=O)C(C(N)=NO)C(C)C)cc1Cl. The molecule has 110 valence electrons. The van der Waals surface area contributed by atoms with Crippen LogP contribution in [0, 0.1) is 11.8 Å². The number of hydrogen-bond donors (Lipinski definition) is 3. The molecule has 0 saturated carbocycles. The number of carbonyl (C=O) groups is 1. The molecule has 0 aliphatic carbocycles. The maximum atomic E-state index is 12.2. The number of nitrogens with two attached hydrogens (primary N) is 1. The van der Waals surface area contributed by atoms with Crippen molar-refractivity contribution in [2.45, 2.75) is 13.8 Å². The normalized spacial score (nSPS) is 13.2. The molecule has 4 N–H and O–H groups in total. The Morgan fingerprint density at radius 2 is 2.15 bits per heavy atom. The summed E-state index contributed by atoms with van der Waals surface area (Å²) in [6.07, 6.45) is 0. The molecule has 0 aliphatic heterocycles. The Labute approximate surface area is 122 Å². The molecule has 1 aromatic carbocycles. The Hall–Kier alpha value is -1.95. The topological polar surface area (TPSA) is 96.9 Å². The van der Waals surface area contributed by atoms with E-state index in [1.807, 2.05) is 13.8 Å². The lowest BCUT2D eigenvalue weighted by Gasteiger charge is -2.19. The van der Waals surface area contributed by atoms with E-state index in [0.717, 1.165) is 0 Å². The summed E-state index contributed by atoms with van der Waals surface area (Å²) in [6.45, 7) is 3.62. The summed E-state index contributed by atoms with van der Waals surface area (Å²) in [5, 5.41) is 14.7. The molecule has 0 aromatic heterocycles. The van der Waals surface area contributed by atoms with Gasteiger partial charge in [-0.25, -0.2) is 0 Å². The largest absolute Gasteiger partial charge is 0.495 e. The zero-order valence-electron chi connectivity index (χ0n) is 11.6. The average Bonchev–Trinajstić information content (AvgIpc) is 2.38. The molecule has 0 fully saturated rings. The minimum atomic E-state index is -0.721. The van der Waals surface area contributed by atoms with Crippen molar-refractivity contribution in [3.63, 3.8) is 0 Å². The number of carbonyl (C=O) groups excluding carboxylic acids is 1. The van der Waals surface area contributed by atoms with Gasteiger partial charge in [-0.15, -0.1) is 0 Å². The maximum absolute atomic E-state index is 12.2. The smallest absolute Gasteiger partial charge is 0.235 e. The summed E-state index contributed by atoms with van der Waals surface area (Å²) in [6, 6.07) is 4.88. The molecule has 20 heavy (non-hydrogen) atoms. The second-order valence-corrected chi connectivity index (χ2v) is 4.99. The Bertz CT molecular complexity index is 518. The summed E-state index contributed by atoms with van der Waals surface area (Å²) in [5.41, 5.74) is 6.05. The highest BCUT2D eigenvalue weighted by Gasteiger charge is 2.26. The Morgan fingerprint density at radius 1 is 1.50 bits per heavy atom. The first kappa shape index (κ1) is 16.1. The Morgan fingerprint density at radius 3 is 2.60 bits per heavy atom. The van der Waals surface area contributed by atoms with E-state index >= 15 is 0 Å². The molecule has 1 aromatic rings. The maximum Gasteiger partial charge on any atom is 0.235 e. The van der Waals surface area contributed by atoms with Crippen molar-refractivity contribution in [2.24, 2.45) is 22.7 Å². The van der Waals surface area contributed by atoms with Crippen LogP contribution < -0.4 is 15.8 Å². The van der Waals surface area contributed by atoms with Gasteiger partial charge in [0.15, 0.2) is 5.84 Å². The first-order valence-corrected chi connectivity index (χ1v) is 6.40. The lowest BCUT2D eigenvalue weighted by atomic mass is 9.94. The van der Waals surface area contributed by atoms with E-state index in [1.165, 1.54) is 7.11 Å². The molecule has 1 unspecified atom stereocenters. The van der Waals surface area contributed by atoms with Crippen molar-refractivity contribution in [3.8, 4) is 5.75 Å². The van der Waals surface area contributed by atoms with E-state index in [2.05, 4.69) is 10.5 Å². The van der Waals surface area contributed by atoms with Gasteiger partial charge in [0.25, 0.3) is 0 Å². The van der Waals surface area contributed by atoms with Gasteiger partial charge in [-0.05, 0) is 24.1 Å². The van der Waals surface area contributed by atoms with Gasteiger partial charge < -0.3 is 21.0 Å². The second-order valence-electron chi connectivity index (χ2n) is 4.59. The lowest BCUT2D eigenvalue weighted by Crippen LogP contribution is -2.38. The van der Waals surface area contributed by atoms with Crippen LogP contribution in [0.15, 0.2) is 23.4 Å². The molecule has 0 saturated heterocycles. The fraction of sp³-hybridized carbons (Fsp3) is 0.385. The van der Waals surface area contributed by atoms with E-state index in [9.17, 15) is 4.79 Å². The van der Waals surface area contributed by atoms with Crippen LogP contribution in [0.3, 0.4) is 0 Å². The fourth-order valence-corrected chi connectivity index (χ4v) is 2.06. The number of amides is 1. The summed E-state index contributed by atoms with van der Waals surface area (Å²) in [4.78, 5) is 12.2. The van der Waals surface area contributed by atoms with Crippen molar-refractivity contribution in [3.05, 3.63) is 23.2 Å². The van der Waals surface area contributed by atoms with Gasteiger partial charge in [0.05, 0.1) is 12.1 Å². The first-order valence-electron chi connectivity index (χ1n) is 6.02. The van der Waals surface area contributed by atoms with Crippen LogP contribution in [-0.4, -0.2) is 24.1 Å². The van der Waals surface area contributed by atoms with E-state index in [1.54, 1.807) is 18.2 Å². The predicted molar refractivity (Wildman–Crippen MR) is 78.4 cm³/mol. The molecule has 1 amide bonds. The number of halogens is 1. The fourth-order valence-electron chi connectivity index (χ4n) is 1.80. The third-order valence-corrected chi connectivity index (χ3v) is 3.10. The highest BCUT2D eigenvalue weighted by atomic mass is 35.5. The third kappa shape index (κ3) is 3.77. The minimum absolute atomic E-state index is 0.111. The van der Waals surface area contributed by atoms with Crippen molar-refractivity contribution in [1.29, 1.82) is 0 Å². The number of rotatable bonds is 5. The van der Waals surface area contributed by atoms with Crippen LogP contribution in [-0.2, 0) is 4.79 Å². The van der Waals surface area contributed by atoms with Crippen LogP contribution >= 0.6 is 11.6 Å². The molecular formula is C13H18ClN3O3. The number of benzene rings is 1. The van der Waals surface area contributed by atoms with Gasteiger partial charge >= 0.3 is 0 Å². The molecule has 0 spiro atoms. The van der Waals surface area contributed by atoms with Crippen molar-refractivity contribution in [1.82, 2.24) is 0 Å². The summed E-state index contributed by atoms with van der Waals surface area (Å²) < 4.78 is 5.03. The van der Waals surface area contributed by atoms with Gasteiger partial charge in [0.2, 0.25) is 5.91 Å². The molecule has 0 radical (unpaired) electrons. The zero-order chi connectivity index (χ0) is 15.3. The molecule has 0 heterocycles. The number of hydrogen-bond acceptors (Lipinski definition) is 4. The summed E-state index contributed by atoms with van der Waals surface area (Å²) >= 11 is 5.98. The van der Waals surface area contributed by atoms with Gasteiger partial charge in [-0.2, -0.15) is 0 Å². The highest BCUT2D eigenvalue weighted by Crippen LogP contribution is 2.27. The van der Waals surface area contributed by atoms with Crippen LogP contribution in [0.25, 0.3) is 0 Å². The number of nitrogens with zero attached hydrogens (tertiary/aromatic N) is 1. The highest BCUT2D eigenvalue weighted by molar-refractivity contribution is 6.32. The van der Waals surface area contributed by atoms with Crippen LogP contribution in [0.1, 0.15) is 13.8 Å². The number of methoxy groups -OCH3 is 1. The van der Waals surface area contributed by atoms with E-state index in [0.29, 0.717) is 16.5 Å².